The molecule has 39 heavy (non-hydrogen) atoms. The lowest BCUT2D eigenvalue weighted by atomic mass is 9.89. The zero-order chi connectivity index (χ0) is 30.8. The van der Waals surface area contributed by atoms with E-state index < -0.39 is 70.3 Å². The highest BCUT2D eigenvalue weighted by atomic mass is 32.1. The molecule has 0 atom stereocenters. The van der Waals surface area contributed by atoms with Gasteiger partial charge in [0.15, 0.2) is 0 Å². The average molecular weight is 624 g/mol. The maximum atomic E-state index is 14.2. The van der Waals surface area contributed by atoms with Gasteiger partial charge in [0.25, 0.3) is 5.91 Å². The summed E-state index contributed by atoms with van der Waals surface area (Å²) in [5.74, 6) is -61.8. The minimum atomic E-state index is -8.62. The largest absolute Gasteiger partial charge is 0.393 e. The van der Waals surface area contributed by atoms with Crippen molar-refractivity contribution in [1.82, 2.24) is 0 Å². The normalized spacial score (nSPS) is 16.3. The molecule has 21 heteroatoms. The van der Waals surface area contributed by atoms with Crippen molar-refractivity contribution in [3.05, 3.63) is 16.0 Å². The van der Waals surface area contributed by atoms with E-state index in [-0.39, 0.29) is 34.6 Å². The van der Waals surface area contributed by atoms with Gasteiger partial charge >= 0.3 is 53.8 Å². The third kappa shape index (κ3) is 4.47. The molecule has 0 aliphatic heterocycles. The van der Waals surface area contributed by atoms with Gasteiger partial charge in [-0.1, -0.05) is 0 Å². The first-order chi connectivity index (χ1) is 17.2. The Labute approximate surface area is 209 Å². The number of alkyl halides is 16. The Morgan fingerprint density at radius 1 is 0.718 bits per heavy atom. The van der Waals surface area contributed by atoms with E-state index in [1.54, 1.807) is 0 Å². The molecule has 0 bridgehead atoms. The monoisotopic (exact) mass is 624 g/mol. The SMILES string of the molecule is NC(=O)c1c(NC(=O)C(F)(F)C(F)(F)C(F)(F)C(F)(F)C(F)(F)C(F)(F)C(F)(F)C(F)F)sc2c1CCCC2. The smallest absolute Gasteiger partial charge is 0.365 e. The number of carbonyl (C=O) groups excluding carboxylic acids is 2. The van der Waals surface area contributed by atoms with E-state index in [0.29, 0.717) is 12.8 Å². The minimum Gasteiger partial charge on any atom is -0.365 e. The molecule has 1 heterocycles. The van der Waals surface area contributed by atoms with Gasteiger partial charge in [0.2, 0.25) is 0 Å². The number of hydrogen-bond acceptors (Lipinski definition) is 3. The van der Waals surface area contributed by atoms with Gasteiger partial charge in [-0.15, -0.1) is 11.3 Å². The van der Waals surface area contributed by atoms with Crippen LogP contribution in [0.3, 0.4) is 0 Å². The van der Waals surface area contributed by atoms with Crippen molar-refractivity contribution >= 4 is 28.2 Å². The Kier molecular flexibility index (Phi) is 8.03. The topological polar surface area (TPSA) is 72.2 Å². The zero-order valence-electron chi connectivity index (χ0n) is 18.3. The molecule has 1 aromatic heterocycles. The Balaban J connectivity index is 2.55. The van der Waals surface area contributed by atoms with E-state index in [2.05, 4.69) is 0 Å². The number of thiophene rings is 1. The summed E-state index contributed by atoms with van der Waals surface area (Å²) in [5, 5.41) is -0.228. The highest BCUT2D eigenvalue weighted by molar-refractivity contribution is 7.17. The van der Waals surface area contributed by atoms with Gasteiger partial charge in [-0.2, -0.15) is 61.5 Å². The first-order valence-electron chi connectivity index (χ1n) is 9.93. The van der Waals surface area contributed by atoms with Crippen molar-refractivity contribution in [2.75, 3.05) is 5.32 Å². The van der Waals surface area contributed by atoms with Crippen LogP contribution in [-0.4, -0.2) is 59.7 Å². The van der Waals surface area contributed by atoms with Crippen molar-refractivity contribution in [2.24, 2.45) is 5.73 Å². The van der Waals surface area contributed by atoms with Crippen molar-refractivity contribution in [1.29, 1.82) is 0 Å². The molecule has 0 unspecified atom stereocenters. The van der Waals surface area contributed by atoms with Gasteiger partial charge in [0.05, 0.1) is 5.56 Å². The third-order valence-corrected chi connectivity index (χ3v) is 6.80. The lowest BCUT2D eigenvalue weighted by Crippen LogP contribution is -2.74. The van der Waals surface area contributed by atoms with Crippen LogP contribution >= 0.6 is 11.3 Å². The van der Waals surface area contributed by atoms with Gasteiger partial charge in [-0.3, -0.25) is 9.59 Å². The fourth-order valence-electron chi connectivity index (χ4n) is 3.37. The standard InChI is InChI=1S/C18H12F16N2O2S/c19-10(20)12(21,22)14(25,26)16(29,30)18(33,34)17(31,32)15(27,28)13(23,24)11(38)36-9-7(8(35)37)5-3-1-2-4-6(5)39-9/h10H,1-4H2,(H2,35,37)(H,36,38). The van der Waals surface area contributed by atoms with E-state index in [9.17, 15) is 79.8 Å². The minimum absolute atomic E-state index is 0.0304. The number of hydrogen-bond donors (Lipinski definition) is 2. The molecule has 1 aromatic rings. The molecule has 3 N–H and O–H groups in total. The van der Waals surface area contributed by atoms with Crippen LogP contribution in [0.4, 0.5) is 75.2 Å². The lowest BCUT2D eigenvalue weighted by Gasteiger charge is -2.42. The van der Waals surface area contributed by atoms with Gasteiger partial charge in [0.1, 0.15) is 5.00 Å². The molecule has 0 fully saturated rings. The van der Waals surface area contributed by atoms with Crippen molar-refractivity contribution in [3.63, 3.8) is 0 Å². The number of halogens is 16. The van der Waals surface area contributed by atoms with Crippen LogP contribution in [0.25, 0.3) is 0 Å². The van der Waals surface area contributed by atoms with E-state index in [1.807, 2.05) is 0 Å². The lowest BCUT2D eigenvalue weighted by molar-refractivity contribution is -0.443. The van der Waals surface area contributed by atoms with Gasteiger partial charge < -0.3 is 11.1 Å². The molecule has 2 amide bonds. The third-order valence-electron chi connectivity index (χ3n) is 5.59. The second kappa shape index (κ2) is 9.57. The Morgan fingerprint density at radius 3 is 1.62 bits per heavy atom. The number of carbonyl (C=O) groups is 2. The number of primary amides is 1. The Hall–Kier alpha value is -2.48. The van der Waals surface area contributed by atoms with Gasteiger partial charge in [-0.05, 0) is 31.2 Å². The molecule has 0 spiro atoms. The predicted molar refractivity (Wildman–Crippen MR) is 98.7 cm³/mol. The Bertz CT molecular complexity index is 1130. The molecule has 0 radical (unpaired) electrons. The van der Waals surface area contributed by atoms with Crippen molar-refractivity contribution in [2.45, 2.75) is 73.6 Å². The molecular formula is C18H12F16N2O2S. The van der Waals surface area contributed by atoms with Crippen LogP contribution in [0, 0.1) is 0 Å². The number of nitrogens with two attached hydrogens (primary N) is 1. The van der Waals surface area contributed by atoms with E-state index >= 15 is 0 Å². The van der Waals surface area contributed by atoms with Crippen LogP contribution in [0.15, 0.2) is 0 Å². The number of anilines is 1. The second-order valence-corrected chi connectivity index (χ2v) is 9.21. The molecule has 224 valence electrons. The highest BCUT2D eigenvalue weighted by Crippen LogP contribution is 2.62. The maximum Gasteiger partial charge on any atom is 0.393 e. The number of amides is 2. The van der Waals surface area contributed by atoms with Crippen LogP contribution in [0.5, 0.6) is 0 Å². The molecule has 0 aromatic carbocycles. The molecule has 0 saturated carbocycles. The number of nitrogens with one attached hydrogen (secondary N) is 1. The van der Waals surface area contributed by atoms with E-state index in [4.69, 9.17) is 5.73 Å². The van der Waals surface area contributed by atoms with Gasteiger partial charge in [-0.25, -0.2) is 8.78 Å². The van der Waals surface area contributed by atoms with Crippen molar-refractivity contribution < 1.29 is 79.8 Å². The molecular weight excluding hydrogens is 612 g/mol. The predicted octanol–water partition coefficient (Wildman–Crippen LogP) is 6.38. The summed E-state index contributed by atoms with van der Waals surface area (Å²) in [5.41, 5.74) is 4.28. The molecule has 1 aliphatic carbocycles. The van der Waals surface area contributed by atoms with E-state index in [1.165, 1.54) is 0 Å². The summed E-state index contributed by atoms with van der Waals surface area (Å²) in [6, 6.07) is 0. The average Bonchev–Trinajstić information content (AvgIpc) is 3.15. The zero-order valence-corrected chi connectivity index (χ0v) is 19.1. The van der Waals surface area contributed by atoms with Crippen LogP contribution < -0.4 is 11.1 Å². The summed E-state index contributed by atoms with van der Waals surface area (Å²) >= 11 is 0.251. The van der Waals surface area contributed by atoms with Crippen LogP contribution in [0.1, 0.15) is 33.6 Å². The molecule has 4 nitrogen and oxygen atoms in total. The Morgan fingerprint density at radius 2 is 1.15 bits per heavy atom. The summed E-state index contributed by atoms with van der Waals surface area (Å²) in [7, 11) is 0. The number of rotatable bonds is 10. The fraction of sp³-hybridized carbons (Fsp3) is 0.667. The molecule has 2 rings (SSSR count). The summed E-state index contributed by atoms with van der Waals surface area (Å²) in [6.07, 6.45) is -5.00. The van der Waals surface area contributed by atoms with Gasteiger partial charge in [0, 0.05) is 4.88 Å². The van der Waals surface area contributed by atoms with Crippen LogP contribution in [0.2, 0.25) is 0 Å². The first kappa shape index (κ1) is 32.7. The first-order valence-corrected chi connectivity index (χ1v) is 10.7. The maximum absolute atomic E-state index is 14.2. The summed E-state index contributed by atoms with van der Waals surface area (Å²) in [6.45, 7) is 0. The fourth-order valence-corrected chi connectivity index (χ4v) is 4.66. The molecule has 0 saturated heterocycles. The number of fused-ring (bicyclic) bond motifs is 1. The summed E-state index contributed by atoms with van der Waals surface area (Å²) < 4.78 is 215. The number of aryl methyl sites for hydroxylation is 1. The quantitative estimate of drug-likeness (QED) is 0.297. The summed E-state index contributed by atoms with van der Waals surface area (Å²) in [4.78, 5) is 23.7. The van der Waals surface area contributed by atoms with Crippen LogP contribution in [-0.2, 0) is 17.6 Å². The molecule has 1 aliphatic rings. The highest BCUT2D eigenvalue weighted by Gasteiger charge is 2.94. The van der Waals surface area contributed by atoms with E-state index in [0.717, 1.165) is 5.32 Å². The second-order valence-electron chi connectivity index (χ2n) is 8.10. The van der Waals surface area contributed by atoms with Crippen molar-refractivity contribution in [3.8, 4) is 0 Å².